The SMILES string of the molecule is CN(CCCNC(=O)C1CC1(C)C)C1CCCC1. The van der Waals surface area contributed by atoms with Gasteiger partial charge < -0.3 is 10.2 Å². The van der Waals surface area contributed by atoms with E-state index in [1.807, 2.05) is 0 Å². The Hall–Kier alpha value is -0.570. The third-order valence-corrected chi connectivity index (χ3v) is 4.76. The van der Waals surface area contributed by atoms with Crippen LogP contribution in [-0.2, 0) is 4.79 Å². The summed E-state index contributed by atoms with van der Waals surface area (Å²) < 4.78 is 0. The monoisotopic (exact) mass is 252 g/mol. The van der Waals surface area contributed by atoms with Crippen molar-refractivity contribution < 1.29 is 4.79 Å². The van der Waals surface area contributed by atoms with Gasteiger partial charge in [-0.25, -0.2) is 0 Å². The predicted molar refractivity (Wildman–Crippen MR) is 74.4 cm³/mol. The van der Waals surface area contributed by atoms with E-state index >= 15 is 0 Å². The summed E-state index contributed by atoms with van der Waals surface area (Å²) in [7, 11) is 2.22. The molecule has 0 saturated heterocycles. The Morgan fingerprint density at radius 1 is 1.33 bits per heavy atom. The van der Waals surface area contributed by atoms with Gasteiger partial charge in [-0.15, -0.1) is 0 Å². The molecule has 2 aliphatic rings. The fourth-order valence-corrected chi connectivity index (χ4v) is 3.11. The molecule has 2 aliphatic carbocycles. The van der Waals surface area contributed by atoms with E-state index in [-0.39, 0.29) is 17.2 Å². The third kappa shape index (κ3) is 3.47. The summed E-state index contributed by atoms with van der Waals surface area (Å²) in [6, 6.07) is 0.795. The number of hydrogen-bond donors (Lipinski definition) is 1. The first-order valence-corrected chi connectivity index (χ1v) is 7.48. The second-order valence-corrected chi connectivity index (χ2v) is 6.81. The van der Waals surface area contributed by atoms with Crippen molar-refractivity contribution in [2.45, 2.75) is 58.4 Å². The zero-order chi connectivity index (χ0) is 13.2. The number of hydrogen-bond acceptors (Lipinski definition) is 2. The van der Waals surface area contributed by atoms with Gasteiger partial charge in [0.25, 0.3) is 0 Å². The Balaban J connectivity index is 1.54. The highest BCUT2D eigenvalue weighted by Gasteiger charge is 2.50. The topological polar surface area (TPSA) is 32.3 Å². The van der Waals surface area contributed by atoms with Crippen LogP contribution in [0.15, 0.2) is 0 Å². The average Bonchev–Trinajstić information content (AvgIpc) is 2.79. The Bertz CT molecular complexity index is 295. The van der Waals surface area contributed by atoms with Crippen molar-refractivity contribution in [3.8, 4) is 0 Å². The fourth-order valence-electron chi connectivity index (χ4n) is 3.11. The smallest absolute Gasteiger partial charge is 0.223 e. The molecule has 0 aromatic heterocycles. The molecule has 1 N–H and O–H groups in total. The van der Waals surface area contributed by atoms with Crippen LogP contribution in [0.3, 0.4) is 0 Å². The fraction of sp³-hybridized carbons (Fsp3) is 0.933. The zero-order valence-electron chi connectivity index (χ0n) is 12.2. The lowest BCUT2D eigenvalue weighted by Gasteiger charge is -2.23. The highest BCUT2D eigenvalue weighted by atomic mass is 16.2. The summed E-state index contributed by atoms with van der Waals surface area (Å²) in [5, 5.41) is 3.08. The molecule has 0 aromatic carbocycles. The molecule has 3 heteroatoms. The second-order valence-electron chi connectivity index (χ2n) is 6.81. The summed E-state index contributed by atoms with van der Waals surface area (Å²) in [6.07, 6.45) is 7.63. The first-order chi connectivity index (χ1) is 8.50. The van der Waals surface area contributed by atoms with Crippen LogP contribution in [0.1, 0.15) is 52.4 Å². The van der Waals surface area contributed by atoms with E-state index in [1.165, 1.54) is 25.7 Å². The number of carbonyl (C=O) groups excluding carboxylic acids is 1. The minimum atomic E-state index is 0.255. The van der Waals surface area contributed by atoms with Crippen molar-refractivity contribution in [2.24, 2.45) is 11.3 Å². The summed E-state index contributed by atoms with van der Waals surface area (Å²) in [5.41, 5.74) is 0.255. The van der Waals surface area contributed by atoms with Crippen LogP contribution in [0.5, 0.6) is 0 Å². The molecule has 1 atom stereocenters. The largest absolute Gasteiger partial charge is 0.356 e. The van der Waals surface area contributed by atoms with Crippen LogP contribution < -0.4 is 5.32 Å². The second kappa shape index (κ2) is 5.60. The number of amides is 1. The van der Waals surface area contributed by atoms with E-state index in [2.05, 4.69) is 31.1 Å². The quantitative estimate of drug-likeness (QED) is 0.736. The van der Waals surface area contributed by atoms with Crippen molar-refractivity contribution >= 4 is 5.91 Å². The minimum absolute atomic E-state index is 0.255. The van der Waals surface area contributed by atoms with Gasteiger partial charge in [0.15, 0.2) is 0 Å². The van der Waals surface area contributed by atoms with E-state index in [9.17, 15) is 4.79 Å². The molecule has 2 saturated carbocycles. The molecule has 1 unspecified atom stereocenters. The molecular formula is C15H28N2O. The summed E-state index contributed by atoms with van der Waals surface area (Å²) >= 11 is 0. The molecule has 0 spiro atoms. The molecule has 0 aliphatic heterocycles. The Labute approximate surface area is 111 Å². The van der Waals surface area contributed by atoms with Crippen LogP contribution in [0.4, 0.5) is 0 Å². The van der Waals surface area contributed by atoms with Gasteiger partial charge in [-0.2, -0.15) is 0 Å². The average molecular weight is 252 g/mol. The lowest BCUT2D eigenvalue weighted by molar-refractivity contribution is -0.122. The van der Waals surface area contributed by atoms with E-state index in [0.717, 1.165) is 32.0 Å². The van der Waals surface area contributed by atoms with Gasteiger partial charge in [0, 0.05) is 18.5 Å². The predicted octanol–water partition coefficient (Wildman–Crippen LogP) is 2.41. The summed E-state index contributed by atoms with van der Waals surface area (Å²) in [5.74, 6) is 0.536. The highest BCUT2D eigenvalue weighted by Crippen LogP contribution is 2.51. The number of nitrogens with one attached hydrogen (secondary N) is 1. The first-order valence-electron chi connectivity index (χ1n) is 7.48. The van der Waals surface area contributed by atoms with E-state index in [1.54, 1.807) is 0 Å². The van der Waals surface area contributed by atoms with E-state index in [0.29, 0.717) is 0 Å². The Morgan fingerprint density at radius 2 is 1.94 bits per heavy atom. The maximum atomic E-state index is 11.8. The van der Waals surface area contributed by atoms with Gasteiger partial charge in [0.1, 0.15) is 0 Å². The molecule has 0 bridgehead atoms. The van der Waals surface area contributed by atoms with Crippen LogP contribution in [0, 0.1) is 11.3 Å². The zero-order valence-corrected chi connectivity index (χ0v) is 12.2. The van der Waals surface area contributed by atoms with Crippen molar-refractivity contribution in [3.63, 3.8) is 0 Å². The van der Waals surface area contributed by atoms with Gasteiger partial charge in [-0.3, -0.25) is 4.79 Å². The molecular weight excluding hydrogens is 224 g/mol. The number of carbonyl (C=O) groups is 1. The Kier molecular flexibility index (Phi) is 4.31. The Morgan fingerprint density at radius 3 is 2.50 bits per heavy atom. The molecule has 3 nitrogen and oxygen atoms in total. The summed E-state index contributed by atoms with van der Waals surface area (Å²) in [6.45, 7) is 6.29. The number of rotatable bonds is 6. The van der Waals surface area contributed by atoms with Crippen LogP contribution in [0.25, 0.3) is 0 Å². The lowest BCUT2D eigenvalue weighted by Crippen LogP contribution is -2.33. The normalized spacial score (nSPS) is 26.6. The van der Waals surface area contributed by atoms with Crippen molar-refractivity contribution in [3.05, 3.63) is 0 Å². The van der Waals surface area contributed by atoms with Crippen molar-refractivity contribution in [2.75, 3.05) is 20.1 Å². The third-order valence-electron chi connectivity index (χ3n) is 4.76. The molecule has 0 radical (unpaired) electrons. The van der Waals surface area contributed by atoms with E-state index in [4.69, 9.17) is 0 Å². The van der Waals surface area contributed by atoms with Crippen molar-refractivity contribution in [1.29, 1.82) is 0 Å². The van der Waals surface area contributed by atoms with Gasteiger partial charge in [-0.05, 0) is 44.7 Å². The van der Waals surface area contributed by atoms with Crippen LogP contribution in [0.2, 0.25) is 0 Å². The number of nitrogens with zero attached hydrogens (tertiary/aromatic N) is 1. The highest BCUT2D eigenvalue weighted by molar-refractivity contribution is 5.82. The maximum Gasteiger partial charge on any atom is 0.223 e. The van der Waals surface area contributed by atoms with Gasteiger partial charge >= 0.3 is 0 Å². The van der Waals surface area contributed by atoms with Gasteiger partial charge in [0.2, 0.25) is 5.91 Å². The maximum absolute atomic E-state index is 11.8. The molecule has 1 amide bonds. The standard InChI is InChI=1S/C15H28N2O/c1-15(2)11-13(15)14(18)16-9-6-10-17(3)12-7-4-5-8-12/h12-13H,4-11H2,1-3H3,(H,16,18). The molecule has 0 heterocycles. The van der Waals surface area contributed by atoms with Crippen molar-refractivity contribution in [1.82, 2.24) is 10.2 Å². The first kappa shape index (κ1) is 13.9. The van der Waals surface area contributed by atoms with Gasteiger partial charge in [0.05, 0.1) is 0 Å². The van der Waals surface area contributed by atoms with Gasteiger partial charge in [-0.1, -0.05) is 26.7 Å². The minimum Gasteiger partial charge on any atom is -0.356 e. The molecule has 0 aromatic rings. The lowest BCUT2D eigenvalue weighted by atomic mass is 10.1. The van der Waals surface area contributed by atoms with Crippen LogP contribution >= 0.6 is 0 Å². The molecule has 104 valence electrons. The summed E-state index contributed by atoms with van der Waals surface area (Å²) in [4.78, 5) is 14.3. The molecule has 2 fully saturated rings. The molecule has 18 heavy (non-hydrogen) atoms. The molecule has 2 rings (SSSR count). The van der Waals surface area contributed by atoms with E-state index < -0.39 is 0 Å². The van der Waals surface area contributed by atoms with Crippen LogP contribution in [-0.4, -0.2) is 37.0 Å².